The van der Waals surface area contributed by atoms with Crippen LogP contribution in [-0.2, 0) is 9.53 Å². The summed E-state index contributed by atoms with van der Waals surface area (Å²) in [5.41, 5.74) is 0.916. The predicted molar refractivity (Wildman–Crippen MR) is 86.9 cm³/mol. The third-order valence-corrected chi connectivity index (χ3v) is 5.74. The highest BCUT2D eigenvalue weighted by Crippen LogP contribution is 2.27. The van der Waals surface area contributed by atoms with Crippen LogP contribution >= 0.6 is 11.3 Å². The average molecular weight is 338 g/mol. The van der Waals surface area contributed by atoms with E-state index < -0.39 is 12.0 Å². The highest BCUT2D eigenvalue weighted by Gasteiger charge is 2.39. The van der Waals surface area contributed by atoms with Crippen molar-refractivity contribution in [3.63, 3.8) is 0 Å². The molecule has 2 atom stereocenters. The number of aliphatic carboxylic acids is 1. The number of likely N-dealkylation sites (tertiary alicyclic amines) is 1. The first-order chi connectivity index (χ1) is 11.1. The number of hydrogen-bond donors (Lipinski definition) is 1. The molecule has 7 heteroatoms. The number of carboxylic acid groups (broad SMARTS) is 1. The number of aryl methyl sites for hydroxylation is 1. The average Bonchev–Trinajstić information content (AvgIpc) is 3.00. The maximum Gasteiger partial charge on any atom is 0.326 e. The Morgan fingerprint density at radius 3 is 2.65 bits per heavy atom. The first-order valence-electron chi connectivity index (χ1n) is 7.97. The minimum absolute atomic E-state index is 0.148. The van der Waals surface area contributed by atoms with Gasteiger partial charge >= 0.3 is 5.97 Å². The summed E-state index contributed by atoms with van der Waals surface area (Å²) in [6, 6.07) is 1.37. The Morgan fingerprint density at radius 1 is 1.30 bits per heavy atom. The summed E-state index contributed by atoms with van der Waals surface area (Å²) in [6.45, 7) is 5.47. The number of thiophene rings is 1. The second-order valence-corrected chi connectivity index (χ2v) is 7.03. The van der Waals surface area contributed by atoms with Gasteiger partial charge in [0.15, 0.2) is 0 Å². The third kappa shape index (κ3) is 3.41. The van der Waals surface area contributed by atoms with Gasteiger partial charge in [-0.1, -0.05) is 0 Å². The van der Waals surface area contributed by atoms with Crippen LogP contribution in [0, 0.1) is 6.92 Å². The van der Waals surface area contributed by atoms with Gasteiger partial charge in [0.1, 0.15) is 6.04 Å². The van der Waals surface area contributed by atoms with Crippen molar-refractivity contribution < 1.29 is 19.4 Å². The SMILES string of the molecule is Cc1ccsc1C(=O)N1CC[C@H](N2CCOCC2)C[C@H]1C(=O)O. The van der Waals surface area contributed by atoms with Crippen LogP contribution in [0.2, 0.25) is 0 Å². The van der Waals surface area contributed by atoms with E-state index in [-0.39, 0.29) is 11.9 Å². The molecule has 1 aromatic heterocycles. The molecule has 0 bridgehead atoms. The lowest BCUT2D eigenvalue weighted by molar-refractivity contribution is -0.144. The van der Waals surface area contributed by atoms with Crippen molar-refractivity contribution in [2.24, 2.45) is 0 Å². The quantitative estimate of drug-likeness (QED) is 0.903. The van der Waals surface area contributed by atoms with Crippen LogP contribution in [0.5, 0.6) is 0 Å². The van der Waals surface area contributed by atoms with Gasteiger partial charge in [-0.15, -0.1) is 11.3 Å². The molecule has 1 N–H and O–H groups in total. The maximum absolute atomic E-state index is 12.7. The van der Waals surface area contributed by atoms with E-state index in [4.69, 9.17) is 4.74 Å². The van der Waals surface area contributed by atoms with Crippen molar-refractivity contribution in [2.45, 2.75) is 31.8 Å². The minimum Gasteiger partial charge on any atom is -0.480 e. The number of ether oxygens (including phenoxy) is 1. The highest BCUT2D eigenvalue weighted by atomic mass is 32.1. The first-order valence-corrected chi connectivity index (χ1v) is 8.85. The minimum atomic E-state index is -0.912. The first kappa shape index (κ1) is 16.4. The summed E-state index contributed by atoms with van der Waals surface area (Å²) >= 11 is 1.38. The molecule has 2 saturated heterocycles. The van der Waals surface area contributed by atoms with E-state index in [2.05, 4.69) is 4.90 Å². The van der Waals surface area contributed by atoms with Gasteiger partial charge in [-0.2, -0.15) is 0 Å². The number of amides is 1. The number of morpholine rings is 1. The summed E-state index contributed by atoms with van der Waals surface area (Å²) in [5.74, 6) is -1.06. The molecule has 3 rings (SSSR count). The van der Waals surface area contributed by atoms with Gasteiger partial charge in [0, 0.05) is 25.7 Å². The molecule has 0 unspecified atom stereocenters. The summed E-state index contributed by atoms with van der Waals surface area (Å²) in [4.78, 5) is 28.9. The van der Waals surface area contributed by atoms with Crippen LogP contribution in [-0.4, -0.2) is 71.7 Å². The Kier molecular flexibility index (Phi) is 4.99. The van der Waals surface area contributed by atoms with E-state index in [1.807, 2.05) is 18.4 Å². The molecule has 0 aliphatic carbocycles. The zero-order valence-corrected chi connectivity index (χ0v) is 14.1. The van der Waals surface area contributed by atoms with Crippen molar-refractivity contribution in [1.29, 1.82) is 0 Å². The van der Waals surface area contributed by atoms with Gasteiger partial charge in [-0.05, 0) is 36.8 Å². The predicted octanol–water partition coefficient (Wildman–Crippen LogP) is 1.45. The van der Waals surface area contributed by atoms with E-state index in [0.29, 0.717) is 31.1 Å². The van der Waals surface area contributed by atoms with E-state index in [0.717, 1.165) is 25.1 Å². The van der Waals surface area contributed by atoms with Gasteiger partial charge in [0.25, 0.3) is 5.91 Å². The molecule has 1 aromatic rings. The zero-order chi connectivity index (χ0) is 16.4. The molecule has 23 heavy (non-hydrogen) atoms. The monoisotopic (exact) mass is 338 g/mol. The molecular formula is C16H22N2O4S. The van der Waals surface area contributed by atoms with E-state index in [1.165, 1.54) is 16.2 Å². The second kappa shape index (κ2) is 6.98. The molecule has 2 fully saturated rings. The van der Waals surface area contributed by atoms with E-state index in [9.17, 15) is 14.7 Å². The van der Waals surface area contributed by atoms with Crippen molar-refractivity contribution >= 4 is 23.2 Å². The van der Waals surface area contributed by atoms with Gasteiger partial charge in [-0.25, -0.2) is 4.79 Å². The van der Waals surface area contributed by atoms with Crippen LogP contribution in [0.15, 0.2) is 11.4 Å². The molecule has 6 nitrogen and oxygen atoms in total. The van der Waals surface area contributed by atoms with Crippen molar-refractivity contribution in [3.05, 3.63) is 21.9 Å². The van der Waals surface area contributed by atoms with Crippen LogP contribution in [0.4, 0.5) is 0 Å². The number of carbonyl (C=O) groups excluding carboxylic acids is 1. The van der Waals surface area contributed by atoms with Gasteiger partial charge in [0.05, 0.1) is 18.1 Å². The second-order valence-electron chi connectivity index (χ2n) is 6.11. The zero-order valence-electron chi connectivity index (χ0n) is 13.2. The number of hydrogen-bond acceptors (Lipinski definition) is 5. The van der Waals surface area contributed by atoms with Crippen molar-refractivity contribution in [3.8, 4) is 0 Å². The molecule has 0 aromatic carbocycles. The van der Waals surface area contributed by atoms with E-state index in [1.54, 1.807) is 0 Å². The van der Waals surface area contributed by atoms with Gasteiger partial charge in [-0.3, -0.25) is 9.69 Å². The lowest BCUT2D eigenvalue weighted by Gasteiger charge is -2.42. The normalized spacial score (nSPS) is 26.2. The number of carbonyl (C=O) groups is 2. The van der Waals surface area contributed by atoms with Crippen molar-refractivity contribution in [2.75, 3.05) is 32.8 Å². The molecule has 2 aliphatic rings. The Hall–Kier alpha value is -1.44. The number of carboxylic acids is 1. The Labute approximate surface area is 139 Å². The van der Waals surface area contributed by atoms with Crippen LogP contribution in [0.25, 0.3) is 0 Å². The Balaban J connectivity index is 1.73. The van der Waals surface area contributed by atoms with Crippen LogP contribution in [0.1, 0.15) is 28.1 Å². The standard InChI is InChI=1S/C16H22N2O4S/c1-11-3-9-23-14(11)15(19)18-4-2-12(10-13(18)16(20)21)17-5-7-22-8-6-17/h3,9,12-13H,2,4-8,10H2,1H3,(H,20,21)/t12-,13-/m0/s1. The largest absolute Gasteiger partial charge is 0.480 e. The highest BCUT2D eigenvalue weighted by molar-refractivity contribution is 7.12. The van der Waals surface area contributed by atoms with Crippen molar-refractivity contribution in [1.82, 2.24) is 9.80 Å². The fourth-order valence-corrected chi connectivity index (χ4v) is 4.30. The molecule has 0 saturated carbocycles. The summed E-state index contributed by atoms with van der Waals surface area (Å²) in [6.07, 6.45) is 1.31. The number of piperidine rings is 1. The number of nitrogens with zero attached hydrogens (tertiary/aromatic N) is 2. The summed E-state index contributed by atoms with van der Waals surface area (Å²) in [5, 5.41) is 11.5. The Morgan fingerprint density at radius 2 is 2.04 bits per heavy atom. The number of rotatable bonds is 3. The lowest BCUT2D eigenvalue weighted by Crippen LogP contribution is -2.56. The fraction of sp³-hybridized carbons (Fsp3) is 0.625. The smallest absolute Gasteiger partial charge is 0.326 e. The third-order valence-electron chi connectivity index (χ3n) is 4.74. The van der Waals surface area contributed by atoms with Gasteiger partial charge in [0.2, 0.25) is 0 Å². The topological polar surface area (TPSA) is 70.1 Å². The molecule has 3 heterocycles. The van der Waals surface area contributed by atoms with E-state index >= 15 is 0 Å². The van der Waals surface area contributed by atoms with Gasteiger partial charge < -0.3 is 14.7 Å². The molecule has 0 radical (unpaired) electrons. The summed E-state index contributed by atoms with van der Waals surface area (Å²) in [7, 11) is 0. The fourth-order valence-electron chi connectivity index (χ4n) is 3.42. The molecule has 126 valence electrons. The molecule has 1 amide bonds. The summed E-state index contributed by atoms with van der Waals surface area (Å²) < 4.78 is 5.37. The molecule has 0 spiro atoms. The lowest BCUT2D eigenvalue weighted by atomic mass is 9.95. The van der Waals surface area contributed by atoms with Crippen LogP contribution in [0.3, 0.4) is 0 Å². The maximum atomic E-state index is 12.7. The Bertz CT molecular complexity index is 582. The van der Waals surface area contributed by atoms with Crippen LogP contribution < -0.4 is 0 Å². The molecule has 2 aliphatic heterocycles. The molecular weight excluding hydrogens is 316 g/mol.